The smallest absolute Gasteiger partial charge is 0.135 e. The molecular formula is C12H20O2. The van der Waals surface area contributed by atoms with Crippen LogP contribution in [0.2, 0.25) is 0 Å². The molecule has 1 unspecified atom stereocenters. The van der Waals surface area contributed by atoms with Crippen LogP contribution in [-0.4, -0.2) is 5.11 Å². The maximum absolute atomic E-state index is 9.86. The highest BCUT2D eigenvalue weighted by molar-refractivity contribution is 5.16. The minimum atomic E-state index is -0.454. The average Bonchev–Trinajstić information content (AvgIpc) is 2.46. The third-order valence-corrected chi connectivity index (χ3v) is 2.37. The van der Waals surface area contributed by atoms with Gasteiger partial charge in [0, 0.05) is 0 Å². The molecule has 0 radical (unpaired) electrons. The molecule has 0 fully saturated rings. The Hall–Kier alpha value is -0.760. The van der Waals surface area contributed by atoms with Crippen molar-refractivity contribution >= 4 is 0 Å². The molecule has 1 rings (SSSR count). The molecule has 14 heavy (non-hydrogen) atoms. The van der Waals surface area contributed by atoms with Gasteiger partial charge in [-0.15, -0.1) is 0 Å². The Balaban J connectivity index is 2.51. The molecule has 0 spiro atoms. The van der Waals surface area contributed by atoms with Crippen molar-refractivity contribution in [2.45, 2.75) is 46.6 Å². The second-order valence-electron chi connectivity index (χ2n) is 5.08. The average molecular weight is 196 g/mol. The van der Waals surface area contributed by atoms with E-state index in [-0.39, 0.29) is 5.41 Å². The molecule has 1 aromatic heterocycles. The highest BCUT2D eigenvalue weighted by atomic mass is 16.4. The van der Waals surface area contributed by atoms with Crippen LogP contribution in [0.5, 0.6) is 0 Å². The van der Waals surface area contributed by atoms with Crippen LogP contribution in [0.1, 0.15) is 51.0 Å². The van der Waals surface area contributed by atoms with Gasteiger partial charge in [0.05, 0.1) is 6.26 Å². The summed E-state index contributed by atoms with van der Waals surface area (Å²) in [5.41, 5.74) is 1.30. The molecule has 80 valence electrons. The number of aliphatic hydroxyl groups excluding tert-OH is 1. The summed E-state index contributed by atoms with van der Waals surface area (Å²) in [6, 6.07) is 1.88. The van der Waals surface area contributed by atoms with Crippen LogP contribution >= 0.6 is 0 Å². The Bertz CT molecular complexity index is 281. The molecule has 1 N–H and O–H groups in total. The highest BCUT2D eigenvalue weighted by Crippen LogP contribution is 2.28. The second-order valence-corrected chi connectivity index (χ2v) is 5.08. The summed E-state index contributed by atoms with van der Waals surface area (Å²) in [6.07, 6.45) is 2.93. The summed E-state index contributed by atoms with van der Waals surface area (Å²) in [5, 5.41) is 9.86. The number of aryl methyl sites for hydroxylation is 1. The molecule has 0 saturated heterocycles. The summed E-state index contributed by atoms with van der Waals surface area (Å²) in [5.74, 6) is 0.717. The molecule has 0 bridgehead atoms. The van der Waals surface area contributed by atoms with E-state index in [2.05, 4.69) is 20.8 Å². The molecule has 0 aliphatic carbocycles. The fourth-order valence-corrected chi connectivity index (χ4v) is 1.43. The van der Waals surface area contributed by atoms with E-state index < -0.39 is 6.10 Å². The van der Waals surface area contributed by atoms with Gasteiger partial charge in [0.1, 0.15) is 11.9 Å². The molecule has 1 aromatic rings. The zero-order valence-electron chi connectivity index (χ0n) is 9.50. The zero-order valence-corrected chi connectivity index (χ0v) is 9.50. The SMILES string of the molecule is Cc1ccoc1C(O)CCC(C)(C)C. The summed E-state index contributed by atoms with van der Waals surface area (Å²) >= 11 is 0. The molecular weight excluding hydrogens is 176 g/mol. The normalized spacial score (nSPS) is 14.4. The first-order valence-electron chi connectivity index (χ1n) is 5.12. The maximum Gasteiger partial charge on any atom is 0.135 e. The van der Waals surface area contributed by atoms with Gasteiger partial charge in [-0.2, -0.15) is 0 Å². The fraction of sp³-hybridized carbons (Fsp3) is 0.667. The van der Waals surface area contributed by atoms with E-state index in [1.807, 2.05) is 13.0 Å². The van der Waals surface area contributed by atoms with Gasteiger partial charge in [-0.25, -0.2) is 0 Å². The van der Waals surface area contributed by atoms with Crippen LogP contribution in [0.25, 0.3) is 0 Å². The summed E-state index contributed by atoms with van der Waals surface area (Å²) in [6.45, 7) is 8.48. The number of rotatable bonds is 3. The monoisotopic (exact) mass is 196 g/mol. The third kappa shape index (κ3) is 3.18. The molecule has 0 saturated carbocycles. The van der Waals surface area contributed by atoms with Crippen molar-refractivity contribution in [3.63, 3.8) is 0 Å². The van der Waals surface area contributed by atoms with E-state index >= 15 is 0 Å². The Labute approximate surface area is 85.9 Å². The van der Waals surface area contributed by atoms with Crippen LogP contribution in [0.4, 0.5) is 0 Å². The van der Waals surface area contributed by atoms with E-state index in [1.165, 1.54) is 0 Å². The van der Waals surface area contributed by atoms with Crippen molar-refractivity contribution < 1.29 is 9.52 Å². The van der Waals surface area contributed by atoms with Gasteiger partial charge in [0.25, 0.3) is 0 Å². The number of hydrogen-bond donors (Lipinski definition) is 1. The Morgan fingerprint density at radius 1 is 1.43 bits per heavy atom. The summed E-state index contributed by atoms with van der Waals surface area (Å²) in [4.78, 5) is 0. The van der Waals surface area contributed by atoms with Crippen molar-refractivity contribution in [1.29, 1.82) is 0 Å². The van der Waals surface area contributed by atoms with Gasteiger partial charge in [-0.3, -0.25) is 0 Å². The van der Waals surface area contributed by atoms with Gasteiger partial charge in [0.15, 0.2) is 0 Å². The predicted molar refractivity (Wildman–Crippen MR) is 57.1 cm³/mol. The molecule has 0 aliphatic heterocycles. The summed E-state index contributed by atoms with van der Waals surface area (Å²) < 4.78 is 5.24. The fourth-order valence-electron chi connectivity index (χ4n) is 1.43. The highest BCUT2D eigenvalue weighted by Gasteiger charge is 2.17. The first-order chi connectivity index (χ1) is 6.40. The largest absolute Gasteiger partial charge is 0.466 e. The molecule has 1 heterocycles. The molecule has 1 atom stereocenters. The molecule has 2 nitrogen and oxygen atoms in total. The lowest BCUT2D eigenvalue weighted by Gasteiger charge is -2.19. The van der Waals surface area contributed by atoms with Gasteiger partial charge < -0.3 is 9.52 Å². The minimum Gasteiger partial charge on any atom is -0.466 e. The quantitative estimate of drug-likeness (QED) is 0.803. The Morgan fingerprint density at radius 2 is 2.07 bits per heavy atom. The van der Waals surface area contributed by atoms with Crippen LogP contribution in [0, 0.1) is 12.3 Å². The van der Waals surface area contributed by atoms with Crippen molar-refractivity contribution in [3.8, 4) is 0 Å². The van der Waals surface area contributed by atoms with E-state index in [0.29, 0.717) is 5.76 Å². The predicted octanol–water partition coefficient (Wildman–Crippen LogP) is 3.45. The van der Waals surface area contributed by atoms with Crippen molar-refractivity contribution in [1.82, 2.24) is 0 Å². The van der Waals surface area contributed by atoms with Gasteiger partial charge in [-0.1, -0.05) is 20.8 Å². The zero-order chi connectivity index (χ0) is 10.8. The van der Waals surface area contributed by atoms with E-state index in [9.17, 15) is 5.11 Å². The van der Waals surface area contributed by atoms with Crippen molar-refractivity contribution in [2.24, 2.45) is 5.41 Å². The van der Waals surface area contributed by atoms with Gasteiger partial charge in [0.2, 0.25) is 0 Å². The molecule has 0 amide bonds. The Kier molecular flexibility index (Phi) is 3.38. The van der Waals surface area contributed by atoms with E-state index in [0.717, 1.165) is 18.4 Å². The molecule has 2 heteroatoms. The number of furan rings is 1. The summed E-state index contributed by atoms with van der Waals surface area (Å²) in [7, 11) is 0. The lowest BCUT2D eigenvalue weighted by molar-refractivity contribution is 0.123. The first-order valence-corrected chi connectivity index (χ1v) is 5.12. The third-order valence-electron chi connectivity index (χ3n) is 2.37. The van der Waals surface area contributed by atoms with Crippen LogP contribution in [-0.2, 0) is 0 Å². The topological polar surface area (TPSA) is 33.4 Å². The van der Waals surface area contributed by atoms with E-state index in [4.69, 9.17) is 4.42 Å². The van der Waals surface area contributed by atoms with Crippen LogP contribution in [0.15, 0.2) is 16.7 Å². The van der Waals surface area contributed by atoms with Crippen molar-refractivity contribution in [2.75, 3.05) is 0 Å². The van der Waals surface area contributed by atoms with Gasteiger partial charge in [-0.05, 0) is 36.8 Å². The minimum absolute atomic E-state index is 0.265. The lowest BCUT2D eigenvalue weighted by Crippen LogP contribution is -2.08. The molecule has 0 aromatic carbocycles. The van der Waals surface area contributed by atoms with Crippen LogP contribution < -0.4 is 0 Å². The second kappa shape index (κ2) is 4.18. The van der Waals surface area contributed by atoms with Crippen LogP contribution in [0.3, 0.4) is 0 Å². The van der Waals surface area contributed by atoms with E-state index in [1.54, 1.807) is 6.26 Å². The number of hydrogen-bond acceptors (Lipinski definition) is 2. The maximum atomic E-state index is 9.86. The lowest BCUT2D eigenvalue weighted by atomic mass is 9.88. The van der Waals surface area contributed by atoms with Gasteiger partial charge >= 0.3 is 0 Å². The standard InChI is InChI=1S/C12H20O2/c1-9-6-8-14-11(9)10(13)5-7-12(2,3)4/h6,8,10,13H,5,7H2,1-4H3. The Morgan fingerprint density at radius 3 is 2.50 bits per heavy atom. The van der Waals surface area contributed by atoms with Crippen molar-refractivity contribution in [3.05, 3.63) is 23.7 Å². The first kappa shape index (κ1) is 11.3. The number of aliphatic hydroxyl groups is 1. The molecule has 0 aliphatic rings.